The maximum Gasteiger partial charge on any atom is 0.264 e. The van der Waals surface area contributed by atoms with Crippen molar-refractivity contribution >= 4 is 21.6 Å². The highest BCUT2D eigenvalue weighted by molar-refractivity contribution is 7.92. The SMILES string of the molecule is COc1ccc(S(=O)(=O)N(C)c2ccc(C(=O)NCCc3ccc(F)cc3)cc2)cc1. The summed E-state index contributed by atoms with van der Waals surface area (Å²) in [6, 6.07) is 18.5. The van der Waals surface area contributed by atoms with E-state index in [2.05, 4.69) is 5.32 Å². The van der Waals surface area contributed by atoms with Gasteiger partial charge in [-0.1, -0.05) is 12.1 Å². The molecule has 0 radical (unpaired) electrons. The Morgan fingerprint density at radius 3 is 2.16 bits per heavy atom. The minimum Gasteiger partial charge on any atom is -0.497 e. The van der Waals surface area contributed by atoms with Crippen molar-refractivity contribution in [2.75, 3.05) is 25.0 Å². The smallest absolute Gasteiger partial charge is 0.264 e. The van der Waals surface area contributed by atoms with Crippen molar-refractivity contribution in [1.29, 1.82) is 0 Å². The monoisotopic (exact) mass is 442 g/mol. The van der Waals surface area contributed by atoms with Crippen LogP contribution in [0.25, 0.3) is 0 Å². The lowest BCUT2D eigenvalue weighted by Gasteiger charge is -2.20. The summed E-state index contributed by atoms with van der Waals surface area (Å²) in [5.41, 5.74) is 1.76. The van der Waals surface area contributed by atoms with E-state index in [1.165, 1.54) is 38.4 Å². The van der Waals surface area contributed by atoms with Gasteiger partial charge in [-0.15, -0.1) is 0 Å². The van der Waals surface area contributed by atoms with Gasteiger partial charge < -0.3 is 10.1 Å². The number of carbonyl (C=O) groups is 1. The van der Waals surface area contributed by atoms with Gasteiger partial charge in [-0.25, -0.2) is 12.8 Å². The summed E-state index contributed by atoms with van der Waals surface area (Å²) in [5, 5.41) is 2.80. The van der Waals surface area contributed by atoms with Crippen LogP contribution < -0.4 is 14.4 Å². The van der Waals surface area contributed by atoms with Gasteiger partial charge in [0, 0.05) is 19.2 Å². The fourth-order valence-electron chi connectivity index (χ4n) is 2.94. The third-order valence-electron chi connectivity index (χ3n) is 4.82. The summed E-state index contributed by atoms with van der Waals surface area (Å²) in [6.45, 7) is 0.401. The molecule has 0 unspecified atom stereocenters. The number of methoxy groups -OCH3 is 1. The molecular weight excluding hydrogens is 419 g/mol. The fraction of sp³-hybridized carbons (Fsp3) is 0.174. The van der Waals surface area contributed by atoms with Crippen molar-refractivity contribution < 1.29 is 22.3 Å². The third kappa shape index (κ3) is 5.40. The average Bonchev–Trinajstić information content (AvgIpc) is 2.80. The Morgan fingerprint density at radius 2 is 1.58 bits per heavy atom. The van der Waals surface area contributed by atoms with E-state index in [0.29, 0.717) is 30.0 Å². The van der Waals surface area contributed by atoms with E-state index in [0.717, 1.165) is 9.87 Å². The quantitative estimate of drug-likeness (QED) is 0.578. The topological polar surface area (TPSA) is 75.7 Å². The van der Waals surface area contributed by atoms with Crippen molar-refractivity contribution in [3.05, 3.63) is 89.7 Å². The van der Waals surface area contributed by atoms with E-state index < -0.39 is 10.0 Å². The van der Waals surface area contributed by atoms with Gasteiger partial charge in [-0.2, -0.15) is 0 Å². The number of rotatable bonds is 8. The van der Waals surface area contributed by atoms with Crippen molar-refractivity contribution in [3.63, 3.8) is 0 Å². The first-order valence-electron chi connectivity index (χ1n) is 9.57. The summed E-state index contributed by atoms with van der Waals surface area (Å²) in [4.78, 5) is 12.5. The molecule has 8 heteroatoms. The standard InChI is InChI=1S/C23H23FN2O4S/c1-26(31(28,29)22-13-11-21(30-2)12-14-22)20-9-5-18(6-10-20)23(27)25-16-15-17-3-7-19(24)8-4-17/h3-14H,15-16H2,1-2H3,(H,25,27). The highest BCUT2D eigenvalue weighted by atomic mass is 32.2. The van der Waals surface area contributed by atoms with Crippen molar-refractivity contribution in [2.24, 2.45) is 0 Å². The third-order valence-corrected chi connectivity index (χ3v) is 6.62. The van der Waals surface area contributed by atoms with Crippen LogP contribution in [0.1, 0.15) is 15.9 Å². The molecule has 0 aliphatic heterocycles. The van der Waals surface area contributed by atoms with Gasteiger partial charge in [0.2, 0.25) is 0 Å². The van der Waals surface area contributed by atoms with E-state index >= 15 is 0 Å². The molecule has 1 N–H and O–H groups in total. The maximum absolute atomic E-state index is 12.9. The predicted octanol–water partition coefficient (Wildman–Crippen LogP) is 3.63. The molecule has 162 valence electrons. The number of benzene rings is 3. The molecule has 3 rings (SSSR count). The lowest BCUT2D eigenvalue weighted by Crippen LogP contribution is -2.27. The van der Waals surface area contributed by atoms with Gasteiger partial charge in [0.05, 0.1) is 17.7 Å². The number of nitrogens with zero attached hydrogens (tertiary/aromatic N) is 1. The molecular formula is C23H23FN2O4S. The van der Waals surface area contributed by atoms with Crippen LogP contribution in [0.4, 0.5) is 10.1 Å². The molecule has 0 saturated carbocycles. The first-order valence-corrected chi connectivity index (χ1v) is 11.0. The van der Waals surface area contributed by atoms with Crippen LogP contribution >= 0.6 is 0 Å². The normalized spacial score (nSPS) is 11.1. The Balaban J connectivity index is 1.62. The lowest BCUT2D eigenvalue weighted by molar-refractivity contribution is 0.0954. The molecule has 1 amide bonds. The highest BCUT2D eigenvalue weighted by Gasteiger charge is 2.21. The Labute approximate surface area is 181 Å². The van der Waals surface area contributed by atoms with E-state index in [9.17, 15) is 17.6 Å². The van der Waals surface area contributed by atoms with Gasteiger partial charge in [0.1, 0.15) is 11.6 Å². The summed E-state index contributed by atoms with van der Waals surface area (Å²) < 4.78 is 44.8. The number of hydrogen-bond donors (Lipinski definition) is 1. The number of amides is 1. The first kappa shape index (κ1) is 22.3. The van der Waals surface area contributed by atoms with Crippen LogP contribution in [0.2, 0.25) is 0 Å². The molecule has 0 atom stereocenters. The minimum absolute atomic E-state index is 0.137. The molecule has 0 spiro atoms. The zero-order valence-corrected chi connectivity index (χ0v) is 18.0. The number of ether oxygens (including phenoxy) is 1. The Kier molecular flexibility index (Phi) is 6.91. The van der Waals surface area contributed by atoms with Gasteiger partial charge in [0.15, 0.2) is 0 Å². The predicted molar refractivity (Wildman–Crippen MR) is 117 cm³/mol. The van der Waals surface area contributed by atoms with Crippen LogP contribution in [0.3, 0.4) is 0 Å². The molecule has 3 aromatic rings. The molecule has 0 aliphatic rings. The lowest BCUT2D eigenvalue weighted by atomic mass is 10.1. The maximum atomic E-state index is 12.9. The Bertz CT molecular complexity index is 1130. The average molecular weight is 443 g/mol. The van der Waals surface area contributed by atoms with Gasteiger partial charge in [0.25, 0.3) is 15.9 Å². The molecule has 3 aromatic carbocycles. The molecule has 0 fully saturated rings. The van der Waals surface area contributed by atoms with Gasteiger partial charge in [-0.05, 0) is 72.6 Å². The summed E-state index contributed by atoms with van der Waals surface area (Å²) in [6.07, 6.45) is 0.576. The largest absolute Gasteiger partial charge is 0.497 e. The van der Waals surface area contributed by atoms with Crippen molar-refractivity contribution in [3.8, 4) is 5.75 Å². The Morgan fingerprint density at radius 1 is 0.968 bits per heavy atom. The van der Waals surface area contributed by atoms with E-state index in [1.807, 2.05) is 0 Å². The minimum atomic E-state index is -3.75. The second-order valence-electron chi connectivity index (χ2n) is 6.83. The number of sulfonamides is 1. The number of hydrogen-bond acceptors (Lipinski definition) is 4. The van der Waals surface area contributed by atoms with Crippen molar-refractivity contribution in [1.82, 2.24) is 5.32 Å². The zero-order chi connectivity index (χ0) is 22.4. The van der Waals surface area contributed by atoms with Crippen LogP contribution in [-0.2, 0) is 16.4 Å². The number of halogens is 1. The van der Waals surface area contributed by atoms with E-state index in [-0.39, 0.29) is 16.6 Å². The molecule has 31 heavy (non-hydrogen) atoms. The summed E-state index contributed by atoms with van der Waals surface area (Å²) >= 11 is 0. The molecule has 6 nitrogen and oxygen atoms in total. The van der Waals surface area contributed by atoms with Gasteiger partial charge >= 0.3 is 0 Å². The van der Waals surface area contributed by atoms with Gasteiger partial charge in [-0.3, -0.25) is 9.10 Å². The summed E-state index contributed by atoms with van der Waals surface area (Å²) in [7, 11) is -0.782. The number of anilines is 1. The summed E-state index contributed by atoms with van der Waals surface area (Å²) in [5.74, 6) is -0.00225. The van der Waals surface area contributed by atoms with Crippen LogP contribution in [0, 0.1) is 5.82 Å². The molecule has 0 saturated heterocycles. The van der Waals surface area contributed by atoms with Crippen LogP contribution in [0.5, 0.6) is 5.75 Å². The van der Waals surface area contributed by atoms with Crippen LogP contribution in [-0.4, -0.2) is 35.0 Å². The highest BCUT2D eigenvalue weighted by Crippen LogP contribution is 2.24. The second-order valence-corrected chi connectivity index (χ2v) is 8.80. The van der Waals surface area contributed by atoms with E-state index in [1.54, 1.807) is 48.5 Å². The molecule has 0 heterocycles. The number of nitrogens with one attached hydrogen (secondary N) is 1. The second kappa shape index (κ2) is 9.61. The fourth-order valence-corrected chi connectivity index (χ4v) is 4.14. The Hall–Kier alpha value is -3.39. The first-order chi connectivity index (χ1) is 14.8. The molecule has 0 aliphatic carbocycles. The van der Waals surface area contributed by atoms with Crippen molar-refractivity contribution in [2.45, 2.75) is 11.3 Å². The van der Waals surface area contributed by atoms with Crippen LogP contribution in [0.15, 0.2) is 77.7 Å². The molecule has 0 bridgehead atoms. The van der Waals surface area contributed by atoms with E-state index in [4.69, 9.17) is 4.74 Å². The molecule has 0 aromatic heterocycles. The zero-order valence-electron chi connectivity index (χ0n) is 17.2. The number of carbonyl (C=O) groups excluding carboxylic acids is 1.